The van der Waals surface area contributed by atoms with Gasteiger partial charge in [-0.1, -0.05) is 20.3 Å². The third-order valence-corrected chi connectivity index (χ3v) is 3.44. The van der Waals surface area contributed by atoms with E-state index in [9.17, 15) is 0 Å². The fraction of sp³-hybridized carbons (Fsp3) is 1.00. The van der Waals surface area contributed by atoms with Crippen molar-refractivity contribution in [3.8, 4) is 0 Å². The van der Waals surface area contributed by atoms with E-state index in [0.717, 1.165) is 5.92 Å². The third-order valence-electron chi connectivity index (χ3n) is 3.44. The summed E-state index contributed by atoms with van der Waals surface area (Å²) in [4.78, 5) is 2.62. The van der Waals surface area contributed by atoms with Gasteiger partial charge in [0, 0.05) is 6.54 Å². The highest BCUT2D eigenvalue weighted by Gasteiger charge is 2.19. The third kappa shape index (κ3) is 5.53. The smallest absolute Gasteiger partial charge is 0.000955 e. The highest BCUT2D eigenvalue weighted by molar-refractivity contribution is 4.73. The summed E-state index contributed by atoms with van der Waals surface area (Å²) < 4.78 is 0. The van der Waals surface area contributed by atoms with Crippen molar-refractivity contribution in [2.24, 2.45) is 5.92 Å². The summed E-state index contributed by atoms with van der Waals surface area (Å²) in [5.41, 5.74) is 0. The van der Waals surface area contributed by atoms with E-state index in [-0.39, 0.29) is 0 Å². The minimum atomic E-state index is 1.02. The molecule has 2 nitrogen and oxygen atoms in total. The lowest BCUT2D eigenvalue weighted by Crippen LogP contribution is -2.34. The largest absolute Gasteiger partial charge is 0.317 e. The highest BCUT2D eigenvalue weighted by atomic mass is 15.1. The fourth-order valence-electron chi connectivity index (χ4n) is 2.15. The zero-order valence-corrected chi connectivity index (χ0v) is 10.6. The first-order chi connectivity index (χ1) is 7.36. The van der Waals surface area contributed by atoms with Gasteiger partial charge in [-0.15, -0.1) is 0 Å². The molecule has 1 N–H and O–H groups in total. The normalized spacial score (nSPS) is 17.0. The molecule has 0 heterocycles. The predicted molar refractivity (Wildman–Crippen MR) is 67.2 cm³/mol. The van der Waals surface area contributed by atoms with Gasteiger partial charge in [0.2, 0.25) is 0 Å². The molecule has 0 saturated heterocycles. The van der Waals surface area contributed by atoms with E-state index in [1.165, 1.54) is 64.8 Å². The zero-order chi connectivity index (χ0) is 10.9. The first-order valence-electron chi connectivity index (χ1n) is 6.79. The Labute approximate surface area is 95.4 Å². The maximum Gasteiger partial charge on any atom is 0.000955 e. The Morgan fingerprint density at radius 1 is 1.20 bits per heavy atom. The molecule has 0 aromatic heterocycles. The lowest BCUT2D eigenvalue weighted by molar-refractivity contribution is 0.182. The predicted octanol–water partition coefficient (Wildman–Crippen LogP) is 2.50. The van der Waals surface area contributed by atoms with Crippen molar-refractivity contribution in [2.45, 2.75) is 46.0 Å². The monoisotopic (exact) mass is 212 g/mol. The van der Waals surface area contributed by atoms with Crippen molar-refractivity contribution in [3.63, 3.8) is 0 Å². The van der Waals surface area contributed by atoms with Gasteiger partial charge in [-0.3, -0.25) is 0 Å². The molecule has 0 bridgehead atoms. The molecule has 0 amide bonds. The van der Waals surface area contributed by atoms with Gasteiger partial charge in [0.05, 0.1) is 0 Å². The van der Waals surface area contributed by atoms with Crippen molar-refractivity contribution in [1.29, 1.82) is 0 Å². The van der Waals surface area contributed by atoms with Crippen LogP contribution in [-0.4, -0.2) is 37.6 Å². The van der Waals surface area contributed by atoms with Crippen LogP contribution in [0.5, 0.6) is 0 Å². The van der Waals surface area contributed by atoms with Gasteiger partial charge in [-0.25, -0.2) is 0 Å². The molecule has 0 aromatic carbocycles. The molecule has 0 radical (unpaired) electrons. The standard InChI is InChI=1S/C13H28N2/c1-3-9-14-10-6-11-15(4-2)12-13-7-5-8-13/h13-14H,3-12H2,1-2H3. The second-order valence-corrected chi connectivity index (χ2v) is 4.79. The summed E-state index contributed by atoms with van der Waals surface area (Å²) in [6.07, 6.45) is 6.98. The van der Waals surface area contributed by atoms with Crippen LogP contribution < -0.4 is 5.32 Å². The van der Waals surface area contributed by atoms with Gasteiger partial charge < -0.3 is 10.2 Å². The lowest BCUT2D eigenvalue weighted by atomic mass is 9.85. The van der Waals surface area contributed by atoms with Crippen LogP contribution in [0.1, 0.15) is 46.0 Å². The average molecular weight is 212 g/mol. The van der Waals surface area contributed by atoms with E-state index < -0.39 is 0 Å². The quantitative estimate of drug-likeness (QED) is 0.591. The van der Waals surface area contributed by atoms with Crippen LogP contribution in [-0.2, 0) is 0 Å². The summed E-state index contributed by atoms with van der Waals surface area (Å²) in [7, 11) is 0. The molecular formula is C13H28N2. The van der Waals surface area contributed by atoms with Crippen molar-refractivity contribution >= 4 is 0 Å². The van der Waals surface area contributed by atoms with Crippen LogP contribution in [0.15, 0.2) is 0 Å². The van der Waals surface area contributed by atoms with E-state index in [1.807, 2.05) is 0 Å². The molecule has 1 aliphatic rings. The van der Waals surface area contributed by atoms with Crippen molar-refractivity contribution in [3.05, 3.63) is 0 Å². The van der Waals surface area contributed by atoms with Crippen LogP contribution in [0.3, 0.4) is 0 Å². The van der Waals surface area contributed by atoms with E-state index in [1.54, 1.807) is 0 Å². The Morgan fingerprint density at radius 3 is 2.53 bits per heavy atom. The highest BCUT2D eigenvalue weighted by Crippen LogP contribution is 2.26. The van der Waals surface area contributed by atoms with E-state index >= 15 is 0 Å². The Hall–Kier alpha value is -0.0800. The number of nitrogens with one attached hydrogen (secondary N) is 1. The van der Waals surface area contributed by atoms with Gasteiger partial charge >= 0.3 is 0 Å². The molecule has 1 aliphatic carbocycles. The average Bonchev–Trinajstić information content (AvgIpc) is 2.19. The Balaban J connectivity index is 1.95. The number of rotatable bonds is 9. The van der Waals surface area contributed by atoms with E-state index in [4.69, 9.17) is 0 Å². The second kappa shape index (κ2) is 8.12. The minimum Gasteiger partial charge on any atom is -0.317 e. The van der Waals surface area contributed by atoms with Gasteiger partial charge in [0.1, 0.15) is 0 Å². The lowest BCUT2D eigenvalue weighted by Gasteiger charge is -2.31. The molecule has 0 aromatic rings. The number of hydrogen-bond donors (Lipinski definition) is 1. The summed E-state index contributed by atoms with van der Waals surface area (Å²) in [6, 6.07) is 0. The molecule has 15 heavy (non-hydrogen) atoms. The minimum absolute atomic E-state index is 1.02. The SMILES string of the molecule is CCCNCCCN(CC)CC1CCC1. The maximum atomic E-state index is 3.47. The molecule has 0 atom stereocenters. The fourth-order valence-corrected chi connectivity index (χ4v) is 2.15. The molecule has 1 saturated carbocycles. The Kier molecular flexibility index (Phi) is 7.03. The zero-order valence-electron chi connectivity index (χ0n) is 10.6. The summed E-state index contributed by atoms with van der Waals surface area (Å²) >= 11 is 0. The van der Waals surface area contributed by atoms with Gasteiger partial charge in [0.15, 0.2) is 0 Å². The van der Waals surface area contributed by atoms with Gasteiger partial charge in [-0.05, 0) is 57.8 Å². The van der Waals surface area contributed by atoms with Crippen LogP contribution in [0.4, 0.5) is 0 Å². The van der Waals surface area contributed by atoms with Crippen LogP contribution >= 0.6 is 0 Å². The Bertz CT molecular complexity index is 143. The number of nitrogens with zero attached hydrogens (tertiary/aromatic N) is 1. The summed E-state index contributed by atoms with van der Waals surface area (Å²) in [5.74, 6) is 1.02. The van der Waals surface area contributed by atoms with Crippen molar-refractivity contribution in [1.82, 2.24) is 10.2 Å². The van der Waals surface area contributed by atoms with Crippen molar-refractivity contribution in [2.75, 3.05) is 32.7 Å². The van der Waals surface area contributed by atoms with E-state index in [0.29, 0.717) is 0 Å². The molecule has 0 spiro atoms. The summed E-state index contributed by atoms with van der Waals surface area (Å²) in [5, 5.41) is 3.47. The van der Waals surface area contributed by atoms with E-state index in [2.05, 4.69) is 24.1 Å². The maximum absolute atomic E-state index is 3.47. The molecule has 0 unspecified atom stereocenters. The molecule has 0 aliphatic heterocycles. The molecule has 1 rings (SSSR count). The first-order valence-corrected chi connectivity index (χ1v) is 6.79. The van der Waals surface area contributed by atoms with Crippen LogP contribution in [0, 0.1) is 5.92 Å². The molecule has 90 valence electrons. The summed E-state index contributed by atoms with van der Waals surface area (Å²) in [6.45, 7) is 10.7. The molecule has 2 heteroatoms. The van der Waals surface area contributed by atoms with Gasteiger partial charge in [-0.2, -0.15) is 0 Å². The Morgan fingerprint density at radius 2 is 2.00 bits per heavy atom. The first kappa shape index (κ1) is 13.0. The van der Waals surface area contributed by atoms with Crippen molar-refractivity contribution < 1.29 is 0 Å². The number of hydrogen-bond acceptors (Lipinski definition) is 2. The van der Waals surface area contributed by atoms with Gasteiger partial charge in [0.25, 0.3) is 0 Å². The molecular weight excluding hydrogens is 184 g/mol. The second-order valence-electron chi connectivity index (χ2n) is 4.79. The van der Waals surface area contributed by atoms with Crippen LogP contribution in [0.2, 0.25) is 0 Å². The van der Waals surface area contributed by atoms with Crippen LogP contribution in [0.25, 0.3) is 0 Å². The molecule has 1 fully saturated rings. The topological polar surface area (TPSA) is 15.3 Å².